The minimum Gasteiger partial charge on any atom is -0.453 e. The summed E-state index contributed by atoms with van der Waals surface area (Å²) in [5.74, 6) is -0.720. The van der Waals surface area contributed by atoms with Crippen molar-refractivity contribution in [1.29, 1.82) is 0 Å². The van der Waals surface area contributed by atoms with Gasteiger partial charge in [-0.1, -0.05) is 60.7 Å². The van der Waals surface area contributed by atoms with Crippen molar-refractivity contribution in [2.75, 3.05) is 0 Å². The summed E-state index contributed by atoms with van der Waals surface area (Å²) in [4.78, 5) is 36.5. The summed E-state index contributed by atoms with van der Waals surface area (Å²) in [6, 6.07) is 21.9. The Morgan fingerprint density at radius 3 is 2.44 bits per heavy atom. The van der Waals surface area contributed by atoms with Crippen LogP contribution in [0.25, 0.3) is 10.8 Å². The molecule has 0 aliphatic heterocycles. The fourth-order valence-corrected chi connectivity index (χ4v) is 3.43. The Balaban J connectivity index is 1.70. The van der Waals surface area contributed by atoms with Gasteiger partial charge < -0.3 is 4.74 Å². The number of hydrogen-bond donors (Lipinski definition) is 0. The summed E-state index contributed by atoms with van der Waals surface area (Å²) in [6.07, 6.45) is -0.752. The maximum atomic E-state index is 13.0. The number of esters is 1. The van der Waals surface area contributed by atoms with Crippen LogP contribution in [0.1, 0.15) is 34.6 Å². The topological polar surface area (TPSA) is 104 Å². The van der Waals surface area contributed by atoms with Gasteiger partial charge in [0.15, 0.2) is 5.69 Å². The number of ether oxygens (including phenoxy) is 1. The molecule has 0 saturated heterocycles. The van der Waals surface area contributed by atoms with Crippen molar-refractivity contribution >= 4 is 22.4 Å². The lowest BCUT2D eigenvalue weighted by Crippen LogP contribution is -2.27. The third-order valence-electron chi connectivity index (χ3n) is 5.07. The number of non-ortho nitro benzene ring substituents is 1. The Bertz CT molecular complexity index is 1370. The van der Waals surface area contributed by atoms with Gasteiger partial charge in [-0.3, -0.25) is 14.9 Å². The Kier molecular flexibility index (Phi) is 5.76. The lowest BCUT2D eigenvalue weighted by Gasteiger charge is -2.15. The molecule has 0 radical (unpaired) electrons. The number of rotatable bonds is 6. The Morgan fingerprint density at radius 2 is 1.72 bits per heavy atom. The zero-order valence-corrected chi connectivity index (χ0v) is 17.2. The first-order valence-electron chi connectivity index (χ1n) is 9.93. The van der Waals surface area contributed by atoms with Gasteiger partial charge in [-0.25, -0.2) is 9.48 Å². The van der Waals surface area contributed by atoms with Crippen molar-refractivity contribution in [2.45, 2.75) is 19.6 Å². The highest BCUT2D eigenvalue weighted by Gasteiger charge is 2.21. The second kappa shape index (κ2) is 8.81. The van der Waals surface area contributed by atoms with E-state index in [1.54, 1.807) is 37.3 Å². The molecule has 0 fully saturated rings. The number of benzene rings is 3. The van der Waals surface area contributed by atoms with Crippen molar-refractivity contribution in [3.8, 4) is 0 Å². The quantitative estimate of drug-likeness (QED) is 0.258. The predicted molar refractivity (Wildman–Crippen MR) is 118 cm³/mol. The first-order valence-corrected chi connectivity index (χ1v) is 9.93. The molecule has 1 atom stereocenters. The number of nitro benzene ring substituents is 1. The molecule has 4 rings (SSSR count). The van der Waals surface area contributed by atoms with E-state index in [9.17, 15) is 19.7 Å². The van der Waals surface area contributed by atoms with Crippen LogP contribution in [0, 0.1) is 10.1 Å². The largest absolute Gasteiger partial charge is 0.453 e. The van der Waals surface area contributed by atoms with Gasteiger partial charge in [0.25, 0.3) is 11.2 Å². The van der Waals surface area contributed by atoms with Crippen molar-refractivity contribution in [3.05, 3.63) is 116 Å². The lowest BCUT2D eigenvalue weighted by molar-refractivity contribution is -0.385. The molecule has 3 aromatic carbocycles. The Labute approximate surface area is 182 Å². The molecule has 32 heavy (non-hydrogen) atoms. The van der Waals surface area contributed by atoms with Gasteiger partial charge >= 0.3 is 5.97 Å². The highest BCUT2D eigenvalue weighted by Crippen LogP contribution is 2.24. The van der Waals surface area contributed by atoms with E-state index >= 15 is 0 Å². The van der Waals surface area contributed by atoms with Crippen molar-refractivity contribution in [3.63, 3.8) is 0 Å². The van der Waals surface area contributed by atoms with E-state index < -0.39 is 17.0 Å². The molecule has 0 aliphatic rings. The Morgan fingerprint density at radius 1 is 1.03 bits per heavy atom. The van der Waals surface area contributed by atoms with Crippen LogP contribution in [-0.2, 0) is 11.3 Å². The van der Waals surface area contributed by atoms with E-state index in [2.05, 4.69) is 5.10 Å². The van der Waals surface area contributed by atoms with Crippen LogP contribution in [0.5, 0.6) is 0 Å². The van der Waals surface area contributed by atoms with Crippen LogP contribution in [-0.4, -0.2) is 20.7 Å². The van der Waals surface area contributed by atoms with Gasteiger partial charge in [0, 0.05) is 17.5 Å². The predicted octanol–water partition coefficient (Wildman–Crippen LogP) is 4.27. The maximum absolute atomic E-state index is 13.0. The van der Waals surface area contributed by atoms with E-state index in [1.165, 1.54) is 22.9 Å². The fraction of sp³-hybridized carbons (Fsp3) is 0.125. The van der Waals surface area contributed by atoms with Crippen LogP contribution in [0.2, 0.25) is 0 Å². The summed E-state index contributed by atoms with van der Waals surface area (Å²) in [6.45, 7) is 1.82. The fourth-order valence-electron chi connectivity index (χ4n) is 3.43. The lowest BCUT2D eigenvalue weighted by atomic mass is 10.1. The highest BCUT2D eigenvalue weighted by atomic mass is 16.6. The third-order valence-corrected chi connectivity index (χ3v) is 5.07. The van der Waals surface area contributed by atoms with E-state index in [-0.39, 0.29) is 23.5 Å². The molecule has 0 N–H and O–H groups in total. The van der Waals surface area contributed by atoms with Gasteiger partial charge in [0.05, 0.1) is 16.9 Å². The SMILES string of the molecule is C[C@H](OC(=O)c1nn(Cc2ccccc2)c(=O)c2ccccc12)c1cccc([N+](=O)[O-])c1. The normalized spacial score (nSPS) is 11.8. The molecule has 160 valence electrons. The number of carbonyl (C=O) groups is 1. The number of fused-ring (bicyclic) bond motifs is 1. The molecule has 0 unspecified atom stereocenters. The van der Waals surface area contributed by atoms with E-state index in [4.69, 9.17) is 4.74 Å². The van der Waals surface area contributed by atoms with Crippen LogP contribution in [0.15, 0.2) is 83.7 Å². The molecule has 1 heterocycles. The summed E-state index contributed by atoms with van der Waals surface area (Å²) in [5.41, 5.74) is 0.947. The number of carbonyl (C=O) groups excluding carboxylic acids is 1. The van der Waals surface area contributed by atoms with Crippen LogP contribution >= 0.6 is 0 Å². The maximum Gasteiger partial charge on any atom is 0.360 e. The van der Waals surface area contributed by atoms with Crippen molar-refractivity contribution in [2.24, 2.45) is 0 Å². The average Bonchev–Trinajstić information content (AvgIpc) is 2.81. The molecule has 0 amide bonds. The van der Waals surface area contributed by atoms with E-state index in [0.29, 0.717) is 16.3 Å². The molecule has 1 aromatic heterocycles. The third kappa shape index (κ3) is 4.24. The summed E-state index contributed by atoms with van der Waals surface area (Å²) in [5, 5.41) is 16.1. The van der Waals surface area contributed by atoms with Crippen LogP contribution < -0.4 is 5.56 Å². The molecule has 0 bridgehead atoms. The minimum absolute atomic E-state index is 0.00779. The number of nitro groups is 1. The number of hydrogen-bond acceptors (Lipinski definition) is 6. The van der Waals surface area contributed by atoms with Gasteiger partial charge in [0.1, 0.15) is 6.10 Å². The molecular weight excluding hydrogens is 410 g/mol. The van der Waals surface area contributed by atoms with Crippen LogP contribution in [0.4, 0.5) is 5.69 Å². The molecule has 0 aliphatic carbocycles. The van der Waals surface area contributed by atoms with Crippen LogP contribution in [0.3, 0.4) is 0 Å². The molecule has 0 spiro atoms. The summed E-state index contributed by atoms with van der Waals surface area (Å²) >= 11 is 0. The van der Waals surface area contributed by atoms with Gasteiger partial charge in [-0.2, -0.15) is 5.10 Å². The van der Waals surface area contributed by atoms with Gasteiger partial charge in [-0.05, 0) is 24.1 Å². The highest BCUT2D eigenvalue weighted by molar-refractivity contribution is 6.02. The smallest absolute Gasteiger partial charge is 0.360 e. The molecule has 8 heteroatoms. The molecular formula is C24H19N3O5. The standard InChI is InChI=1S/C24H19N3O5/c1-16(18-10-7-11-19(14-18)27(30)31)32-24(29)22-20-12-5-6-13-21(20)23(28)26(25-22)15-17-8-3-2-4-9-17/h2-14,16H,15H2,1H3/t16-/m0/s1. The zero-order chi connectivity index (χ0) is 22.7. The monoisotopic (exact) mass is 429 g/mol. The Hall–Kier alpha value is -4.33. The van der Waals surface area contributed by atoms with Gasteiger partial charge in [0.2, 0.25) is 0 Å². The second-order valence-corrected chi connectivity index (χ2v) is 7.24. The average molecular weight is 429 g/mol. The molecule has 0 saturated carbocycles. The first-order chi connectivity index (χ1) is 15.4. The number of aromatic nitrogens is 2. The summed E-state index contributed by atoms with van der Waals surface area (Å²) in [7, 11) is 0. The van der Waals surface area contributed by atoms with E-state index in [1.807, 2.05) is 30.3 Å². The van der Waals surface area contributed by atoms with Crippen molar-refractivity contribution in [1.82, 2.24) is 9.78 Å². The minimum atomic E-state index is -0.752. The first kappa shape index (κ1) is 20.9. The summed E-state index contributed by atoms with van der Waals surface area (Å²) < 4.78 is 6.81. The second-order valence-electron chi connectivity index (χ2n) is 7.24. The zero-order valence-electron chi connectivity index (χ0n) is 17.2. The molecule has 8 nitrogen and oxygen atoms in total. The molecule has 4 aromatic rings. The number of nitrogens with zero attached hydrogens (tertiary/aromatic N) is 3. The van der Waals surface area contributed by atoms with E-state index in [0.717, 1.165) is 5.56 Å². The van der Waals surface area contributed by atoms with Crippen molar-refractivity contribution < 1.29 is 14.5 Å². The van der Waals surface area contributed by atoms with Gasteiger partial charge in [-0.15, -0.1) is 0 Å².